The summed E-state index contributed by atoms with van der Waals surface area (Å²) in [5.41, 5.74) is 0.333. The summed E-state index contributed by atoms with van der Waals surface area (Å²) >= 11 is 14.1. The summed E-state index contributed by atoms with van der Waals surface area (Å²) in [6.07, 6.45) is -2.80. The quantitative estimate of drug-likeness (QED) is 0.204. The number of amides is 1. The van der Waals surface area contributed by atoms with Crippen LogP contribution in [0.2, 0.25) is 10.0 Å². The average Bonchev–Trinajstić information content (AvgIpc) is 3.36. The number of hydrogen-bond donors (Lipinski definition) is 2. The Balaban J connectivity index is 1.35. The molecule has 2 N–H and O–H groups in total. The number of thiazole rings is 1. The first-order valence-corrected chi connectivity index (χ1v) is 15.6. The van der Waals surface area contributed by atoms with Gasteiger partial charge in [-0.1, -0.05) is 40.6 Å². The summed E-state index contributed by atoms with van der Waals surface area (Å²) in [6.45, 7) is 7.29. The van der Waals surface area contributed by atoms with E-state index in [1.165, 1.54) is 23.5 Å². The van der Waals surface area contributed by atoms with E-state index in [1.807, 2.05) is 20.8 Å². The summed E-state index contributed by atoms with van der Waals surface area (Å²) in [7, 11) is 0. The van der Waals surface area contributed by atoms with Gasteiger partial charge in [0, 0.05) is 41.8 Å². The number of fused-ring (bicyclic) bond motifs is 1. The molecule has 2 aromatic carbocycles. The third kappa shape index (κ3) is 8.02. The fraction of sp³-hybridized carbons (Fsp3) is 0.400. The largest absolute Gasteiger partial charge is 0.444 e. The molecule has 1 fully saturated rings. The van der Waals surface area contributed by atoms with Gasteiger partial charge in [-0.3, -0.25) is 0 Å². The molecular weight excluding hydrogens is 636 g/mol. The Morgan fingerprint density at radius 1 is 1.02 bits per heavy atom. The summed E-state index contributed by atoms with van der Waals surface area (Å²) in [4.78, 5) is 28.8. The van der Waals surface area contributed by atoms with E-state index in [0.717, 1.165) is 30.5 Å². The molecule has 1 aliphatic rings. The van der Waals surface area contributed by atoms with Crippen LogP contribution in [0.15, 0.2) is 42.5 Å². The number of carbonyl (C=O) groups excluding carboxylic acids is 1. The second-order valence-electron chi connectivity index (χ2n) is 11.5. The molecular formula is C30H31Cl2F3N6O2S. The number of piperidine rings is 1. The predicted molar refractivity (Wildman–Crippen MR) is 168 cm³/mol. The molecule has 14 heteroatoms. The zero-order valence-corrected chi connectivity index (χ0v) is 26.6. The summed E-state index contributed by atoms with van der Waals surface area (Å²) in [5.74, 6) is 0.982. The summed E-state index contributed by atoms with van der Waals surface area (Å²) in [5, 5.41) is 8.17. The van der Waals surface area contributed by atoms with Gasteiger partial charge in [-0.25, -0.2) is 14.8 Å². The predicted octanol–water partition coefficient (Wildman–Crippen LogP) is 8.81. The van der Waals surface area contributed by atoms with Crippen molar-refractivity contribution in [3.05, 3.63) is 68.6 Å². The van der Waals surface area contributed by atoms with Crippen LogP contribution >= 0.6 is 34.5 Å². The number of anilines is 3. The van der Waals surface area contributed by atoms with E-state index in [2.05, 4.69) is 15.6 Å². The van der Waals surface area contributed by atoms with Gasteiger partial charge in [0.25, 0.3) is 0 Å². The topological polar surface area (TPSA) is 92.3 Å². The molecule has 0 spiro atoms. The SMILES string of the molecule is CC(C)(C)OC(=O)N1CCC(CNc2nc(Nc3ccc(C(F)(F)F)cc3)c3nc(Cc4c(Cl)cccc4Cl)sc3n2)CC1. The van der Waals surface area contributed by atoms with Crippen molar-refractivity contribution in [2.45, 2.75) is 51.8 Å². The van der Waals surface area contributed by atoms with Crippen LogP contribution in [0.3, 0.4) is 0 Å². The number of rotatable bonds is 7. The molecule has 44 heavy (non-hydrogen) atoms. The molecule has 8 nitrogen and oxygen atoms in total. The molecule has 0 radical (unpaired) electrons. The minimum Gasteiger partial charge on any atom is -0.444 e. The van der Waals surface area contributed by atoms with Crippen LogP contribution in [-0.2, 0) is 17.3 Å². The molecule has 2 aromatic heterocycles. The third-order valence-electron chi connectivity index (χ3n) is 6.98. The number of benzene rings is 2. The van der Waals surface area contributed by atoms with Crippen molar-refractivity contribution >= 4 is 68.4 Å². The van der Waals surface area contributed by atoms with Gasteiger partial charge < -0.3 is 20.3 Å². The van der Waals surface area contributed by atoms with Gasteiger partial charge in [-0.2, -0.15) is 18.2 Å². The smallest absolute Gasteiger partial charge is 0.416 e. The maximum Gasteiger partial charge on any atom is 0.416 e. The normalized spacial score (nSPS) is 14.6. The number of halogens is 5. The molecule has 1 saturated heterocycles. The first kappa shape index (κ1) is 32.1. The van der Waals surface area contributed by atoms with Crippen molar-refractivity contribution in [2.24, 2.45) is 5.92 Å². The fourth-order valence-corrected chi connectivity index (χ4v) is 6.20. The molecule has 4 aromatic rings. The Kier molecular flexibility index (Phi) is 9.43. The summed E-state index contributed by atoms with van der Waals surface area (Å²) in [6, 6.07) is 9.99. The second-order valence-corrected chi connectivity index (χ2v) is 13.4. The van der Waals surface area contributed by atoms with Crippen LogP contribution in [0.4, 0.5) is 35.4 Å². The molecule has 0 atom stereocenters. The van der Waals surface area contributed by atoms with Crippen molar-refractivity contribution in [1.29, 1.82) is 0 Å². The zero-order chi connectivity index (χ0) is 31.6. The minimum atomic E-state index is -4.44. The van der Waals surface area contributed by atoms with E-state index in [0.29, 0.717) is 68.9 Å². The first-order chi connectivity index (χ1) is 20.7. The maximum absolute atomic E-state index is 13.1. The van der Waals surface area contributed by atoms with Crippen LogP contribution in [0.25, 0.3) is 10.3 Å². The number of ether oxygens (including phenoxy) is 1. The lowest BCUT2D eigenvalue weighted by atomic mass is 9.97. The van der Waals surface area contributed by atoms with Gasteiger partial charge in [0.05, 0.1) is 5.56 Å². The van der Waals surface area contributed by atoms with E-state index in [1.54, 1.807) is 23.1 Å². The summed E-state index contributed by atoms with van der Waals surface area (Å²) < 4.78 is 44.8. The number of carbonyl (C=O) groups is 1. The van der Waals surface area contributed by atoms with E-state index in [9.17, 15) is 18.0 Å². The van der Waals surface area contributed by atoms with Crippen molar-refractivity contribution < 1.29 is 22.7 Å². The van der Waals surface area contributed by atoms with E-state index >= 15 is 0 Å². The van der Waals surface area contributed by atoms with Crippen LogP contribution in [-0.4, -0.2) is 51.2 Å². The molecule has 234 valence electrons. The minimum absolute atomic E-state index is 0.277. The highest BCUT2D eigenvalue weighted by molar-refractivity contribution is 7.18. The molecule has 0 bridgehead atoms. The van der Waals surface area contributed by atoms with Crippen LogP contribution in [0.1, 0.15) is 49.7 Å². The van der Waals surface area contributed by atoms with Gasteiger partial charge in [0.2, 0.25) is 5.95 Å². The van der Waals surface area contributed by atoms with Crippen molar-refractivity contribution in [2.75, 3.05) is 30.3 Å². The number of hydrogen-bond acceptors (Lipinski definition) is 8. The molecule has 1 amide bonds. The maximum atomic E-state index is 13.1. The lowest BCUT2D eigenvalue weighted by Gasteiger charge is -2.33. The number of aromatic nitrogens is 3. The lowest BCUT2D eigenvalue weighted by molar-refractivity contribution is -0.137. The monoisotopic (exact) mass is 666 g/mol. The van der Waals surface area contributed by atoms with Gasteiger partial charge in [-0.15, -0.1) is 0 Å². The molecule has 0 saturated carbocycles. The van der Waals surface area contributed by atoms with Gasteiger partial charge in [0.15, 0.2) is 10.6 Å². The molecule has 3 heterocycles. The fourth-order valence-electron chi connectivity index (χ4n) is 4.72. The van der Waals surface area contributed by atoms with Crippen molar-refractivity contribution in [1.82, 2.24) is 19.9 Å². The molecule has 1 aliphatic heterocycles. The zero-order valence-electron chi connectivity index (χ0n) is 24.3. The molecule has 0 unspecified atom stereocenters. The Labute approximate surface area is 267 Å². The Bertz CT molecular complexity index is 1610. The van der Waals surface area contributed by atoms with Crippen molar-refractivity contribution in [3.63, 3.8) is 0 Å². The first-order valence-electron chi connectivity index (χ1n) is 14.0. The Morgan fingerprint density at radius 3 is 2.30 bits per heavy atom. The number of nitrogens with one attached hydrogen (secondary N) is 2. The van der Waals surface area contributed by atoms with Crippen LogP contribution < -0.4 is 10.6 Å². The Hall–Kier alpha value is -3.35. The number of alkyl halides is 3. The number of nitrogens with zero attached hydrogens (tertiary/aromatic N) is 4. The van der Waals surface area contributed by atoms with Crippen LogP contribution in [0, 0.1) is 5.92 Å². The lowest BCUT2D eigenvalue weighted by Crippen LogP contribution is -2.42. The highest BCUT2D eigenvalue weighted by Gasteiger charge is 2.30. The van der Waals surface area contributed by atoms with E-state index < -0.39 is 17.3 Å². The van der Waals surface area contributed by atoms with Gasteiger partial charge in [0.1, 0.15) is 16.1 Å². The van der Waals surface area contributed by atoms with Gasteiger partial charge in [-0.05, 0) is 81.5 Å². The van der Waals surface area contributed by atoms with E-state index in [4.69, 9.17) is 37.9 Å². The van der Waals surface area contributed by atoms with Crippen LogP contribution in [0.5, 0.6) is 0 Å². The molecule has 5 rings (SSSR count). The standard InChI is InChI=1S/C30H31Cl2F3N6O2S/c1-29(2,3)43-28(42)41-13-11-17(12-14-41)16-36-27-39-25(37-19-9-7-18(8-10-19)30(33,34)35)24-26(40-27)44-23(38-24)15-20-21(31)5-4-6-22(20)32/h4-10,17H,11-16H2,1-3H3,(H2,36,37,39,40). The number of likely N-dealkylation sites (tertiary alicyclic amines) is 1. The second kappa shape index (κ2) is 12.9. The van der Waals surface area contributed by atoms with Crippen molar-refractivity contribution in [3.8, 4) is 0 Å². The Morgan fingerprint density at radius 2 is 1.68 bits per heavy atom. The highest BCUT2D eigenvalue weighted by atomic mass is 35.5. The van der Waals surface area contributed by atoms with Gasteiger partial charge >= 0.3 is 12.3 Å². The average molecular weight is 668 g/mol. The molecule has 0 aliphatic carbocycles. The van der Waals surface area contributed by atoms with E-state index in [-0.39, 0.29) is 12.0 Å². The highest BCUT2D eigenvalue weighted by Crippen LogP contribution is 2.34. The third-order valence-corrected chi connectivity index (χ3v) is 8.64.